The van der Waals surface area contributed by atoms with Crippen LogP contribution in [0.2, 0.25) is 0 Å². The summed E-state index contributed by atoms with van der Waals surface area (Å²) in [4.78, 5) is 27.7. The molecule has 1 heterocycles. The van der Waals surface area contributed by atoms with E-state index in [0.29, 0.717) is 17.1 Å². The maximum absolute atomic E-state index is 13.5. The molecule has 1 unspecified atom stereocenters. The van der Waals surface area contributed by atoms with Crippen molar-refractivity contribution in [2.24, 2.45) is 0 Å². The molecule has 0 radical (unpaired) electrons. The van der Waals surface area contributed by atoms with E-state index in [1.165, 1.54) is 0 Å². The Morgan fingerprint density at radius 2 is 1.54 bits per heavy atom. The van der Waals surface area contributed by atoms with E-state index in [1.807, 2.05) is 72.8 Å². The molecule has 4 rings (SSSR count). The third kappa shape index (κ3) is 2.91. The normalized spacial score (nSPS) is 18.3. The molecule has 1 fully saturated rings. The number of hydrogen-bond acceptors (Lipinski definition) is 3. The van der Waals surface area contributed by atoms with Crippen LogP contribution in [0.4, 0.5) is 11.4 Å². The van der Waals surface area contributed by atoms with Crippen molar-refractivity contribution in [3.8, 4) is 5.75 Å². The van der Waals surface area contributed by atoms with Crippen molar-refractivity contribution >= 4 is 23.2 Å². The Kier molecular flexibility index (Phi) is 4.57. The van der Waals surface area contributed by atoms with Gasteiger partial charge in [-0.25, -0.2) is 0 Å². The predicted octanol–water partition coefficient (Wildman–Crippen LogP) is 3.97. The maximum atomic E-state index is 13.5. The van der Waals surface area contributed by atoms with E-state index in [2.05, 4.69) is 5.32 Å². The molecule has 1 aliphatic heterocycles. The zero-order valence-corrected chi connectivity index (χ0v) is 15.5. The lowest BCUT2D eigenvalue weighted by Crippen LogP contribution is -2.67. The van der Waals surface area contributed by atoms with Gasteiger partial charge in [0.05, 0.1) is 13.5 Å². The van der Waals surface area contributed by atoms with Crippen LogP contribution in [-0.4, -0.2) is 18.9 Å². The molecule has 3 aromatic rings. The lowest BCUT2D eigenvalue weighted by Gasteiger charge is -2.50. The van der Waals surface area contributed by atoms with Crippen LogP contribution in [0.15, 0.2) is 84.9 Å². The minimum absolute atomic E-state index is 0.0924. The number of nitrogens with one attached hydrogen (secondary N) is 1. The summed E-state index contributed by atoms with van der Waals surface area (Å²) in [5, 5.41) is 2.97. The van der Waals surface area contributed by atoms with Crippen molar-refractivity contribution < 1.29 is 14.3 Å². The van der Waals surface area contributed by atoms with Gasteiger partial charge in [-0.05, 0) is 42.0 Å². The van der Waals surface area contributed by atoms with Crippen molar-refractivity contribution in [1.82, 2.24) is 0 Å². The first kappa shape index (κ1) is 17.8. The molecule has 0 saturated carbocycles. The fourth-order valence-electron chi connectivity index (χ4n) is 3.61. The number of anilines is 2. The second kappa shape index (κ2) is 7.19. The zero-order valence-electron chi connectivity index (χ0n) is 15.5. The summed E-state index contributed by atoms with van der Waals surface area (Å²) in [7, 11) is 1.59. The van der Waals surface area contributed by atoms with Crippen molar-refractivity contribution in [2.45, 2.75) is 12.0 Å². The summed E-state index contributed by atoms with van der Waals surface area (Å²) < 4.78 is 5.24. The van der Waals surface area contributed by atoms with Crippen LogP contribution in [0.1, 0.15) is 12.0 Å². The highest BCUT2D eigenvalue weighted by molar-refractivity contribution is 6.17. The first-order chi connectivity index (χ1) is 13.6. The van der Waals surface area contributed by atoms with Gasteiger partial charge < -0.3 is 10.1 Å². The van der Waals surface area contributed by atoms with Crippen LogP contribution in [0.5, 0.6) is 5.75 Å². The van der Waals surface area contributed by atoms with Gasteiger partial charge in [0.15, 0.2) is 5.54 Å². The monoisotopic (exact) mass is 372 g/mol. The molecule has 1 aliphatic rings. The third-order valence-corrected chi connectivity index (χ3v) is 5.03. The van der Waals surface area contributed by atoms with E-state index < -0.39 is 5.54 Å². The van der Waals surface area contributed by atoms with Crippen LogP contribution in [-0.2, 0) is 15.1 Å². The number of amides is 2. The summed E-state index contributed by atoms with van der Waals surface area (Å²) in [6, 6.07) is 25.8. The Labute approximate surface area is 163 Å². The highest BCUT2D eigenvalue weighted by Crippen LogP contribution is 2.46. The summed E-state index contributed by atoms with van der Waals surface area (Å²) in [6.07, 6.45) is 0.104. The van der Waals surface area contributed by atoms with Gasteiger partial charge in [-0.2, -0.15) is 0 Å². The van der Waals surface area contributed by atoms with E-state index in [9.17, 15) is 9.59 Å². The van der Waals surface area contributed by atoms with Gasteiger partial charge in [-0.1, -0.05) is 48.5 Å². The van der Waals surface area contributed by atoms with Crippen molar-refractivity contribution in [1.29, 1.82) is 0 Å². The highest BCUT2D eigenvalue weighted by atomic mass is 16.5. The molecule has 1 atom stereocenters. The Bertz CT molecular complexity index is 987. The summed E-state index contributed by atoms with van der Waals surface area (Å²) in [5.74, 6) is 0.358. The smallest absolute Gasteiger partial charge is 0.255 e. The molecule has 140 valence electrons. The van der Waals surface area contributed by atoms with Gasteiger partial charge in [0.25, 0.3) is 5.91 Å². The summed E-state index contributed by atoms with van der Waals surface area (Å²) >= 11 is 0. The second-order valence-corrected chi connectivity index (χ2v) is 6.65. The molecule has 1 saturated heterocycles. The molecular formula is C23H20N2O3. The number of benzene rings is 3. The van der Waals surface area contributed by atoms with Crippen LogP contribution >= 0.6 is 0 Å². The number of ether oxygens (including phenoxy) is 1. The number of β-lactam (4-membered cyclic amide) rings is 1. The summed E-state index contributed by atoms with van der Waals surface area (Å²) in [5.41, 5.74) is 1.01. The molecule has 5 nitrogen and oxygen atoms in total. The maximum Gasteiger partial charge on any atom is 0.255 e. The minimum atomic E-state index is -1.11. The lowest BCUT2D eigenvalue weighted by atomic mass is 9.76. The third-order valence-electron chi connectivity index (χ3n) is 5.03. The average Bonchev–Trinajstić information content (AvgIpc) is 2.73. The van der Waals surface area contributed by atoms with Crippen molar-refractivity contribution in [2.75, 3.05) is 17.3 Å². The van der Waals surface area contributed by atoms with Gasteiger partial charge >= 0.3 is 0 Å². The van der Waals surface area contributed by atoms with E-state index in [0.717, 1.165) is 5.56 Å². The minimum Gasteiger partial charge on any atom is -0.497 e. The van der Waals surface area contributed by atoms with Crippen LogP contribution in [0.3, 0.4) is 0 Å². The van der Waals surface area contributed by atoms with E-state index in [1.54, 1.807) is 24.1 Å². The van der Waals surface area contributed by atoms with E-state index in [4.69, 9.17) is 4.74 Å². The lowest BCUT2D eigenvalue weighted by molar-refractivity contribution is -0.137. The molecule has 0 bridgehead atoms. The standard InChI is InChI=1S/C23H20N2O3/c1-28-20-14-12-17(13-15-20)23(22(27)24-18-8-4-2-5-9-18)16-21(26)25(23)19-10-6-3-7-11-19/h2-15H,16H2,1H3,(H,24,27). The highest BCUT2D eigenvalue weighted by Gasteiger charge is 2.58. The quantitative estimate of drug-likeness (QED) is 0.690. The van der Waals surface area contributed by atoms with Gasteiger partial charge in [0.2, 0.25) is 5.91 Å². The fraction of sp³-hybridized carbons (Fsp3) is 0.130. The molecule has 5 heteroatoms. The van der Waals surface area contributed by atoms with Gasteiger partial charge in [0, 0.05) is 11.4 Å². The van der Waals surface area contributed by atoms with E-state index in [-0.39, 0.29) is 18.2 Å². The van der Waals surface area contributed by atoms with Crippen LogP contribution in [0.25, 0.3) is 0 Å². The Hall–Kier alpha value is -3.60. The second-order valence-electron chi connectivity index (χ2n) is 6.65. The van der Waals surface area contributed by atoms with Gasteiger partial charge in [-0.3, -0.25) is 14.5 Å². The molecule has 28 heavy (non-hydrogen) atoms. The van der Waals surface area contributed by atoms with Crippen molar-refractivity contribution in [3.05, 3.63) is 90.5 Å². The van der Waals surface area contributed by atoms with Crippen LogP contribution < -0.4 is 15.0 Å². The Morgan fingerprint density at radius 1 is 0.929 bits per heavy atom. The molecule has 0 spiro atoms. The van der Waals surface area contributed by atoms with Crippen LogP contribution in [0, 0.1) is 0 Å². The summed E-state index contributed by atoms with van der Waals surface area (Å²) in [6.45, 7) is 0. The van der Waals surface area contributed by atoms with Gasteiger partial charge in [-0.15, -0.1) is 0 Å². The number of carbonyl (C=O) groups is 2. The number of nitrogens with zero attached hydrogens (tertiary/aromatic N) is 1. The molecular weight excluding hydrogens is 352 g/mol. The number of carbonyl (C=O) groups excluding carboxylic acids is 2. The van der Waals surface area contributed by atoms with Crippen molar-refractivity contribution in [3.63, 3.8) is 0 Å². The number of para-hydroxylation sites is 2. The molecule has 0 aromatic heterocycles. The van der Waals surface area contributed by atoms with E-state index >= 15 is 0 Å². The van der Waals surface area contributed by atoms with Gasteiger partial charge in [0.1, 0.15) is 5.75 Å². The predicted molar refractivity (Wildman–Crippen MR) is 108 cm³/mol. The topological polar surface area (TPSA) is 58.6 Å². The Morgan fingerprint density at radius 3 is 2.11 bits per heavy atom. The molecule has 0 aliphatic carbocycles. The molecule has 3 aromatic carbocycles. The zero-order chi connectivity index (χ0) is 19.6. The SMILES string of the molecule is COc1ccc(C2(C(=O)Nc3ccccc3)CC(=O)N2c2ccccc2)cc1. The number of rotatable bonds is 5. The largest absolute Gasteiger partial charge is 0.497 e. The first-order valence-electron chi connectivity index (χ1n) is 9.04. The molecule has 2 amide bonds. The number of hydrogen-bond donors (Lipinski definition) is 1. The average molecular weight is 372 g/mol. The number of methoxy groups -OCH3 is 1. The molecule has 1 N–H and O–H groups in total. The first-order valence-corrected chi connectivity index (χ1v) is 9.04. The fourth-order valence-corrected chi connectivity index (χ4v) is 3.61. The Balaban J connectivity index is 1.79.